The summed E-state index contributed by atoms with van der Waals surface area (Å²) in [7, 11) is 0. The number of benzene rings is 3. The van der Waals surface area contributed by atoms with E-state index in [1.165, 1.54) is 5.56 Å². The molecule has 0 fully saturated rings. The molecule has 5 nitrogen and oxygen atoms in total. The third-order valence-corrected chi connectivity index (χ3v) is 4.97. The molecular weight excluding hydrogens is 350 g/mol. The van der Waals surface area contributed by atoms with Gasteiger partial charge in [0.25, 0.3) is 0 Å². The van der Waals surface area contributed by atoms with Crippen molar-refractivity contribution in [3.05, 3.63) is 96.8 Å². The summed E-state index contributed by atoms with van der Waals surface area (Å²) in [6, 6.07) is 27.3. The molecule has 3 aromatic carbocycles. The van der Waals surface area contributed by atoms with Crippen molar-refractivity contribution in [1.82, 2.24) is 9.05 Å². The summed E-state index contributed by atoms with van der Waals surface area (Å²) in [5.41, 5.74) is 3.85. The molecule has 138 valence electrons. The lowest BCUT2D eigenvalue weighted by atomic mass is 10.2. The number of imide groups is 1. The van der Waals surface area contributed by atoms with E-state index in [2.05, 4.69) is 16.7 Å². The largest absolute Gasteiger partial charge is 0.317 e. The van der Waals surface area contributed by atoms with Crippen LogP contribution in [0.3, 0.4) is 0 Å². The molecule has 0 saturated carbocycles. The average molecular weight is 371 g/mol. The minimum absolute atomic E-state index is 0.194. The number of fused-ring (bicyclic) bond motifs is 1. The van der Waals surface area contributed by atoms with Crippen LogP contribution in [0.2, 0.25) is 0 Å². The van der Waals surface area contributed by atoms with Gasteiger partial charge in [0.15, 0.2) is 16.7 Å². The van der Waals surface area contributed by atoms with E-state index in [1.807, 2.05) is 71.6 Å². The molecule has 0 aliphatic heterocycles. The first kappa shape index (κ1) is 17.8. The third kappa shape index (κ3) is 3.23. The third-order valence-electron chi connectivity index (χ3n) is 4.97. The summed E-state index contributed by atoms with van der Waals surface area (Å²) >= 11 is 0. The molecule has 0 saturated heterocycles. The van der Waals surface area contributed by atoms with Crippen LogP contribution in [0.5, 0.6) is 0 Å². The van der Waals surface area contributed by atoms with Crippen LogP contribution >= 0.6 is 0 Å². The number of carbonyl (C=O) groups excluding carboxylic acids is 2. The van der Waals surface area contributed by atoms with Gasteiger partial charge in [0.1, 0.15) is 6.54 Å². The Morgan fingerprint density at radius 1 is 0.786 bits per heavy atom. The van der Waals surface area contributed by atoms with Gasteiger partial charge in [-0.2, -0.15) is 4.57 Å². The van der Waals surface area contributed by atoms with Gasteiger partial charge in [-0.25, -0.2) is 14.2 Å². The van der Waals surface area contributed by atoms with Crippen LogP contribution < -0.4 is 9.05 Å². The molecule has 0 radical (unpaired) electrons. The van der Waals surface area contributed by atoms with Crippen LogP contribution in [0.1, 0.15) is 5.56 Å². The molecular formula is C23H21N3O2+2. The summed E-state index contributed by atoms with van der Waals surface area (Å²) in [4.78, 5) is 24.0. The van der Waals surface area contributed by atoms with Gasteiger partial charge in [-0.05, 0) is 17.7 Å². The topological polar surface area (TPSA) is 43.0 Å². The van der Waals surface area contributed by atoms with Crippen molar-refractivity contribution in [3.63, 3.8) is 0 Å². The van der Waals surface area contributed by atoms with Gasteiger partial charge in [0, 0.05) is 12.1 Å². The van der Waals surface area contributed by atoms with E-state index >= 15 is 0 Å². The van der Waals surface area contributed by atoms with Crippen LogP contribution in [0.25, 0.3) is 11.0 Å². The van der Waals surface area contributed by atoms with Crippen LogP contribution in [-0.2, 0) is 22.8 Å². The zero-order valence-corrected chi connectivity index (χ0v) is 15.4. The summed E-state index contributed by atoms with van der Waals surface area (Å²) in [5.74, 6) is 0. The fraction of sp³-hybridized carbons (Fsp3) is 0.0870. The Balaban J connectivity index is 1.78. The summed E-state index contributed by atoms with van der Waals surface area (Å²) in [6.45, 7) is 0.904. The number of nitrogens with zero attached hydrogens (tertiary/aromatic N) is 3. The van der Waals surface area contributed by atoms with Crippen molar-refractivity contribution < 1.29 is 14.2 Å². The van der Waals surface area contributed by atoms with E-state index in [1.54, 1.807) is 12.1 Å². The number of amides is 2. The molecule has 0 aliphatic carbocycles. The van der Waals surface area contributed by atoms with Crippen molar-refractivity contribution in [2.45, 2.75) is 13.2 Å². The molecule has 5 heteroatoms. The Bertz CT molecular complexity index is 1100. The maximum Gasteiger partial charge on any atom is 0.317 e. The average Bonchev–Trinajstić information content (AvgIpc) is 3.10. The lowest BCUT2D eigenvalue weighted by molar-refractivity contribution is -0.663. The normalized spacial score (nSPS) is 11.4. The Hall–Kier alpha value is -3.57. The second-order valence-corrected chi connectivity index (χ2v) is 6.81. The first-order chi connectivity index (χ1) is 13.8. The highest BCUT2D eigenvalue weighted by Crippen LogP contribution is 2.22. The summed E-state index contributed by atoms with van der Waals surface area (Å²) < 4.78 is 3.68. The van der Waals surface area contributed by atoms with E-state index in [0.717, 1.165) is 11.0 Å². The highest BCUT2D eigenvalue weighted by Gasteiger charge is 2.34. The first-order valence-electron chi connectivity index (χ1n) is 9.13. The van der Waals surface area contributed by atoms with Crippen molar-refractivity contribution >= 4 is 29.5 Å². The Labute approximate surface area is 163 Å². The number of hydrogen-bond donors (Lipinski definition) is 0. The quantitative estimate of drug-likeness (QED) is 0.284. The van der Waals surface area contributed by atoms with E-state index < -0.39 is 4.48 Å². The van der Waals surface area contributed by atoms with Gasteiger partial charge < -0.3 is 0 Å². The van der Waals surface area contributed by atoms with Gasteiger partial charge in [-0.1, -0.05) is 60.7 Å². The molecule has 1 aromatic heterocycles. The molecule has 0 N–H and O–H groups in total. The Morgan fingerprint density at radius 3 is 2.07 bits per heavy atom. The van der Waals surface area contributed by atoms with Crippen LogP contribution in [-0.4, -0.2) is 17.4 Å². The fourth-order valence-corrected chi connectivity index (χ4v) is 3.51. The number of quaternary nitrogens is 1. The van der Waals surface area contributed by atoms with Crippen molar-refractivity contribution in [1.29, 1.82) is 0 Å². The Kier molecular flexibility index (Phi) is 4.83. The molecule has 0 atom stereocenters. The number of para-hydroxylation sites is 3. The predicted molar refractivity (Wildman–Crippen MR) is 108 cm³/mol. The van der Waals surface area contributed by atoms with Gasteiger partial charge >= 0.3 is 12.8 Å². The monoisotopic (exact) mass is 371 g/mol. The predicted octanol–water partition coefficient (Wildman–Crippen LogP) is 3.25. The molecule has 28 heavy (non-hydrogen) atoms. The van der Waals surface area contributed by atoms with Gasteiger partial charge in [-0.3, -0.25) is 0 Å². The zero-order valence-electron chi connectivity index (χ0n) is 15.4. The van der Waals surface area contributed by atoms with Crippen LogP contribution in [0, 0.1) is 0 Å². The second-order valence-electron chi connectivity index (χ2n) is 6.81. The molecule has 4 rings (SSSR count). The van der Waals surface area contributed by atoms with Crippen molar-refractivity contribution in [2.75, 3.05) is 0 Å². The van der Waals surface area contributed by atoms with E-state index in [9.17, 15) is 9.59 Å². The van der Waals surface area contributed by atoms with Crippen LogP contribution in [0.4, 0.5) is 5.69 Å². The molecule has 2 amide bonds. The number of hydrogen-bond acceptors (Lipinski definition) is 2. The maximum absolute atomic E-state index is 12.0. The standard InChI is InChI=1S/C23H21N3O2/c27-18-26(19-28,21-11-5-2-6-12-21)17-25-16-24(15-20-9-3-1-4-10-20)22-13-7-8-14-23(22)25/h1-14,16,18-19H,15,17H2/q+2. The maximum atomic E-state index is 12.0. The molecule has 0 aliphatic rings. The van der Waals surface area contributed by atoms with Gasteiger partial charge in [0.2, 0.25) is 13.0 Å². The highest BCUT2D eigenvalue weighted by atomic mass is 16.2. The van der Waals surface area contributed by atoms with E-state index in [-0.39, 0.29) is 6.67 Å². The van der Waals surface area contributed by atoms with Crippen LogP contribution in [0.15, 0.2) is 91.3 Å². The van der Waals surface area contributed by atoms with E-state index in [4.69, 9.17) is 0 Å². The second kappa shape index (κ2) is 7.58. The number of aromatic nitrogens is 2. The number of rotatable bonds is 7. The fourth-order valence-electron chi connectivity index (χ4n) is 3.51. The van der Waals surface area contributed by atoms with Gasteiger partial charge in [0.05, 0.1) is 0 Å². The lowest BCUT2D eigenvalue weighted by Crippen LogP contribution is -2.48. The molecule has 0 unspecified atom stereocenters. The van der Waals surface area contributed by atoms with Gasteiger partial charge in [-0.15, -0.1) is 4.48 Å². The highest BCUT2D eigenvalue weighted by molar-refractivity contribution is 5.88. The molecule has 0 bridgehead atoms. The molecule has 1 heterocycles. The minimum atomic E-state index is -0.426. The number of imidazole rings is 1. The smallest absolute Gasteiger partial charge is 0.233 e. The van der Waals surface area contributed by atoms with Crippen molar-refractivity contribution in [2.24, 2.45) is 0 Å². The molecule has 0 spiro atoms. The number of carbonyl (C=O) groups is 2. The zero-order chi connectivity index (χ0) is 19.4. The molecule has 4 aromatic rings. The van der Waals surface area contributed by atoms with Crippen molar-refractivity contribution in [3.8, 4) is 0 Å². The van der Waals surface area contributed by atoms with E-state index in [0.29, 0.717) is 25.1 Å². The lowest BCUT2D eigenvalue weighted by Gasteiger charge is -2.21. The minimum Gasteiger partial charge on any atom is -0.233 e. The summed E-state index contributed by atoms with van der Waals surface area (Å²) in [5, 5.41) is 0. The Morgan fingerprint density at radius 2 is 1.39 bits per heavy atom. The SMILES string of the molecule is O=C[N+](C=O)(Cn1c[n+](Cc2ccccc2)c2ccccc21)c1ccccc1. The first-order valence-corrected chi connectivity index (χ1v) is 9.13. The summed E-state index contributed by atoms with van der Waals surface area (Å²) in [6.07, 6.45) is 3.36.